The monoisotopic (exact) mass is 625 g/mol. The maximum absolute atomic E-state index is 12.7. The van der Waals surface area contributed by atoms with Gasteiger partial charge in [-0.25, -0.2) is 4.99 Å². The van der Waals surface area contributed by atoms with Crippen LogP contribution in [0.5, 0.6) is 5.88 Å². The number of aliphatic hydroxyl groups excluding tert-OH is 2. The number of carbonyl (C=O) groups is 1. The van der Waals surface area contributed by atoms with Crippen LogP contribution in [0.15, 0.2) is 77.8 Å². The van der Waals surface area contributed by atoms with Crippen molar-refractivity contribution < 1.29 is 34.2 Å². The van der Waals surface area contributed by atoms with Crippen LogP contribution in [0.3, 0.4) is 0 Å². The van der Waals surface area contributed by atoms with Crippen LogP contribution in [0.25, 0.3) is 10.9 Å². The molecule has 5 N–H and O–H groups in total. The number of aromatic nitrogens is 1. The molecule has 46 heavy (non-hydrogen) atoms. The summed E-state index contributed by atoms with van der Waals surface area (Å²) in [5.74, 6) is -0.106. The van der Waals surface area contributed by atoms with Gasteiger partial charge >= 0.3 is 7.12 Å². The first kappa shape index (κ1) is 30.6. The first-order chi connectivity index (χ1) is 22.3. The van der Waals surface area contributed by atoms with E-state index in [1.165, 1.54) is 0 Å². The number of amides is 1. The average molecular weight is 625 g/mol. The van der Waals surface area contributed by atoms with Crippen LogP contribution in [0, 0.1) is 0 Å². The highest BCUT2D eigenvalue weighted by Gasteiger charge is 2.50. The van der Waals surface area contributed by atoms with Crippen molar-refractivity contribution in [3.8, 4) is 5.88 Å². The van der Waals surface area contributed by atoms with Crippen LogP contribution in [0.1, 0.15) is 11.1 Å². The van der Waals surface area contributed by atoms with E-state index < -0.39 is 31.7 Å². The Morgan fingerprint density at radius 1 is 1.00 bits per heavy atom. The third kappa shape index (κ3) is 6.31. The summed E-state index contributed by atoms with van der Waals surface area (Å²) >= 11 is 0. The smallest absolute Gasteiger partial charge is 0.494 e. The van der Waals surface area contributed by atoms with Gasteiger partial charge in [0.1, 0.15) is 18.3 Å². The summed E-state index contributed by atoms with van der Waals surface area (Å²) in [5, 5.41) is 35.4. The third-order valence-corrected chi connectivity index (χ3v) is 8.70. The van der Waals surface area contributed by atoms with E-state index in [4.69, 9.17) is 19.0 Å². The molecule has 3 aromatic carbocycles. The summed E-state index contributed by atoms with van der Waals surface area (Å²) in [6.45, 7) is 3.95. The number of aromatic hydroxyl groups is 1. The van der Waals surface area contributed by atoms with E-state index in [9.17, 15) is 20.1 Å². The van der Waals surface area contributed by atoms with Crippen molar-refractivity contribution in [1.29, 1.82) is 0 Å². The third-order valence-electron chi connectivity index (χ3n) is 8.70. The Balaban J connectivity index is 1.14. The van der Waals surface area contributed by atoms with Gasteiger partial charge in [0.2, 0.25) is 5.91 Å². The van der Waals surface area contributed by atoms with Crippen molar-refractivity contribution in [3.05, 3.63) is 83.9 Å². The molecule has 3 aliphatic heterocycles. The fourth-order valence-electron chi connectivity index (χ4n) is 6.16. The van der Waals surface area contributed by atoms with Gasteiger partial charge in [-0.15, -0.1) is 0 Å². The maximum atomic E-state index is 12.7. The highest BCUT2D eigenvalue weighted by atomic mass is 16.7. The molecule has 3 aliphatic rings. The van der Waals surface area contributed by atoms with Crippen LogP contribution in [0.4, 0.5) is 11.4 Å². The first-order valence-electron chi connectivity index (χ1n) is 15.4. The number of hydrogen-bond donors (Lipinski definition) is 5. The number of carbonyl (C=O) groups excluding carboxylic acids is 1. The van der Waals surface area contributed by atoms with Crippen LogP contribution in [-0.2, 0) is 18.8 Å². The Bertz CT molecular complexity index is 1710. The maximum Gasteiger partial charge on any atom is 0.494 e. The second-order valence-electron chi connectivity index (χ2n) is 12.0. The molecule has 0 bridgehead atoms. The molecule has 1 aromatic heterocycles. The van der Waals surface area contributed by atoms with Gasteiger partial charge in [-0.05, 0) is 42.8 Å². The number of H-pyrrole nitrogens is 1. The molecule has 0 saturated carbocycles. The number of nitrogens with one attached hydrogen (secondary N) is 2. The molecule has 12 nitrogen and oxygen atoms in total. The van der Waals surface area contributed by atoms with E-state index >= 15 is 0 Å². The topological polar surface area (TPSA) is 152 Å². The largest absolute Gasteiger partial charge is 0.494 e. The fraction of sp³-hybridized carbons (Fsp3) is 0.333. The van der Waals surface area contributed by atoms with Crippen LogP contribution < -0.4 is 10.8 Å². The number of piperazine rings is 1. The number of anilines is 1. The Hall–Kier alpha value is -4.08. The molecule has 0 radical (unpaired) electrons. The molecule has 0 aliphatic carbocycles. The number of fused-ring (bicyclic) bond motifs is 2. The molecule has 4 aromatic rings. The van der Waals surface area contributed by atoms with Crippen molar-refractivity contribution in [2.24, 2.45) is 4.99 Å². The normalized spacial score (nSPS) is 24.3. The molecule has 0 spiro atoms. The Morgan fingerprint density at radius 3 is 2.48 bits per heavy atom. The summed E-state index contributed by atoms with van der Waals surface area (Å²) in [7, 11) is 1.26. The lowest BCUT2D eigenvalue weighted by molar-refractivity contribution is -0.221. The minimum absolute atomic E-state index is 0.0405. The number of likely N-dealkylation sites (N-methyl/N-ethyl adjacent to an activating group) is 1. The van der Waals surface area contributed by atoms with E-state index in [1.54, 1.807) is 0 Å². The van der Waals surface area contributed by atoms with Gasteiger partial charge in [0.05, 0.1) is 30.1 Å². The first-order valence-corrected chi connectivity index (χ1v) is 15.4. The number of ether oxygens (including phenoxy) is 1. The molecule has 3 fully saturated rings. The number of hydrogen-bond acceptors (Lipinski definition) is 10. The summed E-state index contributed by atoms with van der Waals surface area (Å²) < 4.78 is 17.0. The predicted octanol–water partition coefficient (Wildman–Crippen LogP) is 1.42. The number of rotatable bonds is 7. The molecule has 1 amide bonds. The van der Waals surface area contributed by atoms with Gasteiger partial charge in [0.15, 0.2) is 12.2 Å². The van der Waals surface area contributed by atoms with Gasteiger partial charge < -0.3 is 44.6 Å². The summed E-state index contributed by atoms with van der Waals surface area (Å²) in [6, 6.07) is 22.4. The van der Waals surface area contributed by atoms with Crippen molar-refractivity contribution in [2.75, 3.05) is 51.7 Å². The van der Waals surface area contributed by atoms with E-state index in [-0.39, 0.29) is 18.4 Å². The van der Waals surface area contributed by atoms with E-state index in [1.807, 2.05) is 72.8 Å². The molecular formula is C33H36BN5O7. The molecule has 1 unspecified atom stereocenters. The second-order valence-corrected chi connectivity index (χ2v) is 12.0. The summed E-state index contributed by atoms with van der Waals surface area (Å²) in [6.07, 6.45) is -3.64. The molecule has 13 heteroatoms. The fourth-order valence-corrected chi connectivity index (χ4v) is 6.16. The molecular weight excluding hydrogens is 589 g/mol. The number of aromatic amines is 1. The van der Waals surface area contributed by atoms with E-state index in [0.29, 0.717) is 40.2 Å². The van der Waals surface area contributed by atoms with Gasteiger partial charge in [-0.1, -0.05) is 42.5 Å². The number of benzene rings is 3. The van der Waals surface area contributed by atoms with Gasteiger partial charge in [-0.2, -0.15) is 0 Å². The van der Waals surface area contributed by atoms with E-state index in [2.05, 4.69) is 27.1 Å². The molecule has 4 heterocycles. The highest BCUT2D eigenvalue weighted by molar-refractivity contribution is 6.62. The van der Waals surface area contributed by atoms with Crippen molar-refractivity contribution in [3.63, 3.8) is 0 Å². The zero-order valence-electron chi connectivity index (χ0n) is 25.4. The number of aliphatic imine (C=N–C) groups is 1. The van der Waals surface area contributed by atoms with Gasteiger partial charge in [0, 0.05) is 48.3 Å². The minimum atomic E-state index is -1.19. The predicted molar refractivity (Wildman–Crippen MR) is 174 cm³/mol. The lowest BCUT2D eigenvalue weighted by Gasteiger charge is -2.32. The molecule has 7 rings (SSSR count). The van der Waals surface area contributed by atoms with Crippen molar-refractivity contribution in [2.45, 2.75) is 24.6 Å². The SMILES string of the molecule is CN1CCN(CC(=O)Nc2ccc(N=C(c3ccccc3)c3c(O)[nH]c4cc(B5O[C@@H]6[C@H](O)COC(O)[C@H]6O5)ccc34)cc2)CC1. The molecule has 3 saturated heterocycles. The number of nitrogens with zero attached hydrogens (tertiary/aromatic N) is 3. The summed E-state index contributed by atoms with van der Waals surface area (Å²) in [5.41, 5.74) is 4.51. The lowest BCUT2D eigenvalue weighted by atomic mass is 9.79. The van der Waals surface area contributed by atoms with Crippen molar-refractivity contribution in [1.82, 2.24) is 14.8 Å². The van der Waals surface area contributed by atoms with Crippen LogP contribution in [-0.4, -0.2) is 120 Å². The molecule has 238 valence electrons. The van der Waals surface area contributed by atoms with Crippen LogP contribution >= 0.6 is 0 Å². The Labute approximate surface area is 266 Å². The number of aliphatic hydroxyl groups is 2. The van der Waals surface area contributed by atoms with E-state index in [0.717, 1.165) is 37.1 Å². The minimum Gasteiger partial charge on any atom is -0.494 e. The average Bonchev–Trinajstić information content (AvgIpc) is 3.66. The summed E-state index contributed by atoms with van der Waals surface area (Å²) in [4.78, 5) is 25.1. The highest BCUT2D eigenvalue weighted by Crippen LogP contribution is 2.33. The van der Waals surface area contributed by atoms with Gasteiger partial charge in [0.25, 0.3) is 0 Å². The Morgan fingerprint density at radius 2 is 1.74 bits per heavy atom. The van der Waals surface area contributed by atoms with Gasteiger partial charge in [-0.3, -0.25) is 9.69 Å². The quantitative estimate of drug-likeness (QED) is 0.152. The standard InChI is InChI=1S/C33H36BN5O7/c1-38-13-15-39(16-14-38)18-27(41)35-22-8-10-23(11-9-22)36-29(20-5-3-2-4-6-20)28-24-12-7-21(17-25(24)37-32(28)42)34-45-30-26(40)19-44-33(43)31(30)46-34/h2-12,17,26,30-31,33,37,40,42-43H,13-16,18-19H2,1H3,(H,35,41)/t26-,30-,31+,33?/m1/s1. The zero-order valence-corrected chi connectivity index (χ0v) is 25.4. The zero-order chi connectivity index (χ0) is 31.8. The van der Waals surface area contributed by atoms with Crippen molar-refractivity contribution >= 4 is 46.5 Å². The molecule has 4 atom stereocenters. The second kappa shape index (κ2) is 13.0. The van der Waals surface area contributed by atoms with Crippen LogP contribution in [0.2, 0.25) is 0 Å². The lowest BCUT2D eigenvalue weighted by Crippen LogP contribution is -2.51. The Kier molecular flexibility index (Phi) is 8.62.